The van der Waals surface area contributed by atoms with Crippen LogP contribution in [-0.4, -0.2) is 53.6 Å². The highest BCUT2D eigenvalue weighted by atomic mass is 16.5. The minimum Gasteiger partial charge on any atom is -0.494 e. The minimum atomic E-state index is 0.568. The lowest BCUT2D eigenvalue weighted by atomic mass is 10.2. The van der Waals surface area contributed by atoms with E-state index >= 15 is 0 Å². The highest BCUT2D eigenvalue weighted by molar-refractivity contribution is 5.65. The monoisotopic (exact) mass is 378 g/mol. The summed E-state index contributed by atoms with van der Waals surface area (Å²) in [4.78, 5) is 15.7. The molecular formula is C21H26N6O. The Labute approximate surface area is 165 Å². The maximum Gasteiger partial charge on any atom is 0.225 e. The van der Waals surface area contributed by atoms with Gasteiger partial charge in [-0.05, 0) is 57.4 Å². The third kappa shape index (κ3) is 5.65. The van der Waals surface area contributed by atoms with Crippen molar-refractivity contribution in [2.75, 3.05) is 44.4 Å². The zero-order valence-electron chi connectivity index (χ0n) is 16.5. The van der Waals surface area contributed by atoms with Crippen molar-refractivity contribution in [1.29, 1.82) is 0 Å². The maximum absolute atomic E-state index is 5.50. The zero-order valence-corrected chi connectivity index (χ0v) is 16.5. The Kier molecular flexibility index (Phi) is 6.75. The first kappa shape index (κ1) is 19.6. The molecular weight excluding hydrogens is 352 g/mol. The Balaban J connectivity index is 1.83. The molecule has 0 saturated heterocycles. The summed E-state index contributed by atoms with van der Waals surface area (Å²) in [5.74, 6) is 2.11. The van der Waals surface area contributed by atoms with E-state index in [1.165, 1.54) is 0 Å². The Morgan fingerprint density at radius 3 is 2.50 bits per heavy atom. The lowest BCUT2D eigenvalue weighted by Crippen LogP contribution is -2.21. The molecule has 2 aromatic heterocycles. The molecule has 0 saturated carbocycles. The van der Waals surface area contributed by atoms with Gasteiger partial charge >= 0.3 is 0 Å². The molecule has 0 unspecified atom stereocenters. The fourth-order valence-corrected chi connectivity index (χ4v) is 2.58. The van der Waals surface area contributed by atoms with Crippen LogP contribution in [-0.2, 0) is 0 Å². The van der Waals surface area contributed by atoms with E-state index in [0.29, 0.717) is 18.4 Å². The highest BCUT2D eigenvalue weighted by Gasteiger charge is 2.08. The van der Waals surface area contributed by atoms with Gasteiger partial charge in [0.25, 0.3) is 0 Å². The predicted molar refractivity (Wildman–Crippen MR) is 113 cm³/mol. The smallest absolute Gasteiger partial charge is 0.225 e. The average molecular weight is 378 g/mol. The van der Waals surface area contributed by atoms with E-state index in [9.17, 15) is 0 Å². The van der Waals surface area contributed by atoms with E-state index in [-0.39, 0.29) is 0 Å². The number of rotatable bonds is 9. The van der Waals surface area contributed by atoms with Crippen LogP contribution < -0.4 is 15.4 Å². The Morgan fingerprint density at radius 1 is 1.00 bits per heavy atom. The van der Waals surface area contributed by atoms with Crippen molar-refractivity contribution in [2.45, 2.75) is 6.92 Å². The third-order valence-electron chi connectivity index (χ3n) is 3.93. The average Bonchev–Trinajstić information content (AvgIpc) is 2.70. The first-order chi connectivity index (χ1) is 13.6. The summed E-state index contributed by atoms with van der Waals surface area (Å²) in [6.07, 6.45) is 1.76. The van der Waals surface area contributed by atoms with Crippen LogP contribution >= 0.6 is 0 Å². The van der Waals surface area contributed by atoms with Crippen molar-refractivity contribution in [1.82, 2.24) is 19.9 Å². The van der Waals surface area contributed by atoms with Crippen LogP contribution in [0.25, 0.3) is 11.4 Å². The van der Waals surface area contributed by atoms with Gasteiger partial charge in [0.05, 0.1) is 18.0 Å². The van der Waals surface area contributed by atoms with Crippen molar-refractivity contribution in [3.05, 3.63) is 54.7 Å². The maximum atomic E-state index is 5.50. The second-order valence-corrected chi connectivity index (χ2v) is 6.49. The number of pyridine rings is 1. The largest absolute Gasteiger partial charge is 0.494 e. The summed E-state index contributed by atoms with van der Waals surface area (Å²) in [5, 5.41) is 6.62. The standard InChI is InChI=1S/C21H26N6O/c1-4-28-17-10-8-16(9-11-17)24-20-15-19(18-7-5-6-12-22-18)25-21(26-20)23-13-14-27(2)3/h5-12,15H,4,13-14H2,1-3H3,(H2,23,24,25,26). The van der Waals surface area contributed by atoms with Crippen molar-refractivity contribution in [2.24, 2.45) is 0 Å². The second kappa shape index (κ2) is 9.66. The van der Waals surface area contributed by atoms with Gasteiger partial charge < -0.3 is 20.3 Å². The van der Waals surface area contributed by atoms with Crippen LogP contribution in [0.3, 0.4) is 0 Å². The molecule has 0 amide bonds. The summed E-state index contributed by atoms with van der Waals surface area (Å²) in [6.45, 7) is 4.26. The number of likely N-dealkylation sites (N-methyl/N-ethyl adjacent to an activating group) is 1. The molecule has 7 nitrogen and oxygen atoms in total. The minimum absolute atomic E-state index is 0.568. The van der Waals surface area contributed by atoms with Gasteiger partial charge in [-0.1, -0.05) is 6.07 Å². The Morgan fingerprint density at radius 2 is 1.82 bits per heavy atom. The van der Waals surface area contributed by atoms with Gasteiger partial charge in [0.2, 0.25) is 5.95 Å². The van der Waals surface area contributed by atoms with Crippen LogP contribution in [0.4, 0.5) is 17.5 Å². The third-order valence-corrected chi connectivity index (χ3v) is 3.93. The molecule has 146 valence electrons. The number of hydrogen-bond donors (Lipinski definition) is 2. The molecule has 7 heteroatoms. The number of aromatic nitrogens is 3. The van der Waals surface area contributed by atoms with Gasteiger partial charge in [-0.2, -0.15) is 4.98 Å². The summed E-state index contributed by atoms with van der Waals surface area (Å²) < 4.78 is 5.50. The number of benzene rings is 1. The van der Waals surface area contributed by atoms with Crippen LogP contribution in [0.2, 0.25) is 0 Å². The number of ether oxygens (including phenoxy) is 1. The molecule has 0 fully saturated rings. The summed E-state index contributed by atoms with van der Waals surface area (Å²) >= 11 is 0. The molecule has 0 spiro atoms. The predicted octanol–water partition coefficient (Wildman–Crippen LogP) is 3.65. The number of nitrogens with one attached hydrogen (secondary N) is 2. The fraction of sp³-hybridized carbons (Fsp3) is 0.286. The molecule has 2 N–H and O–H groups in total. The van der Waals surface area contributed by atoms with Crippen LogP contribution in [0.1, 0.15) is 6.92 Å². The number of nitrogens with zero attached hydrogens (tertiary/aromatic N) is 4. The Bertz CT molecular complexity index is 868. The van der Waals surface area contributed by atoms with E-state index < -0.39 is 0 Å². The first-order valence-corrected chi connectivity index (χ1v) is 9.33. The van der Waals surface area contributed by atoms with Gasteiger partial charge in [0.15, 0.2) is 0 Å². The fourth-order valence-electron chi connectivity index (χ4n) is 2.58. The van der Waals surface area contributed by atoms with E-state index in [1.54, 1.807) is 6.20 Å². The van der Waals surface area contributed by atoms with Crippen molar-refractivity contribution >= 4 is 17.5 Å². The molecule has 2 heterocycles. The van der Waals surface area contributed by atoms with Crippen molar-refractivity contribution in [3.63, 3.8) is 0 Å². The lowest BCUT2D eigenvalue weighted by molar-refractivity contribution is 0.340. The van der Waals surface area contributed by atoms with Gasteiger partial charge in [0.1, 0.15) is 11.6 Å². The Hall–Kier alpha value is -3.19. The summed E-state index contributed by atoms with van der Waals surface area (Å²) in [5.41, 5.74) is 2.49. The molecule has 1 aromatic carbocycles. The number of hydrogen-bond acceptors (Lipinski definition) is 7. The molecule has 3 rings (SSSR count). The molecule has 0 aliphatic carbocycles. The quantitative estimate of drug-likeness (QED) is 0.588. The van der Waals surface area contributed by atoms with Crippen LogP contribution in [0, 0.1) is 0 Å². The first-order valence-electron chi connectivity index (χ1n) is 9.33. The summed E-state index contributed by atoms with van der Waals surface area (Å²) in [6, 6.07) is 15.5. The van der Waals surface area contributed by atoms with E-state index in [2.05, 4.69) is 30.5 Å². The van der Waals surface area contributed by atoms with Crippen LogP contribution in [0.15, 0.2) is 54.7 Å². The van der Waals surface area contributed by atoms with Crippen molar-refractivity contribution < 1.29 is 4.74 Å². The zero-order chi connectivity index (χ0) is 19.8. The molecule has 0 bridgehead atoms. The summed E-state index contributed by atoms with van der Waals surface area (Å²) in [7, 11) is 4.07. The normalized spacial score (nSPS) is 10.7. The lowest BCUT2D eigenvalue weighted by Gasteiger charge is -2.13. The second-order valence-electron chi connectivity index (χ2n) is 6.49. The molecule has 0 radical (unpaired) electrons. The topological polar surface area (TPSA) is 75.2 Å². The van der Waals surface area contributed by atoms with Gasteiger partial charge in [-0.15, -0.1) is 0 Å². The molecule has 0 aliphatic rings. The molecule has 0 atom stereocenters. The van der Waals surface area contributed by atoms with E-state index in [1.807, 2.05) is 69.6 Å². The molecule has 28 heavy (non-hydrogen) atoms. The van der Waals surface area contributed by atoms with Crippen molar-refractivity contribution in [3.8, 4) is 17.1 Å². The van der Waals surface area contributed by atoms with Gasteiger partial charge in [-0.3, -0.25) is 4.98 Å². The van der Waals surface area contributed by atoms with Gasteiger partial charge in [0, 0.05) is 31.0 Å². The van der Waals surface area contributed by atoms with Gasteiger partial charge in [-0.25, -0.2) is 4.98 Å². The number of anilines is 3. The van der Waals surface area contributed by atoms with E-state index in [4.69, 9.17) is 4.74 Å². The van der Waals surface area contributed by atoms with E-state index in [0.717, 1.165) is 35.9 Å². The molecule has 3 aromatic rings. The van der Waals surface area contributed by atoms with Crippen LogP contribution in [0.5, 0.6) is 5.75 Å². The molecule has 0 aliphatic heterocycles. The highest BCUT2D eigenvalue weighted by Crippen LogP contribution is 2.23. The SMILES string of the molecule is CCOc1ccc(Nc2cc(-c3ccccn3)nc(NCCN(C)C)n2)cc1.